The zero-order chi connectivity index (χ0) is 99.1. The van der Waals surface area contributed by atoms with Crippen LogP contribution >= 0.6 is 0 Å². The van der Waals surface area contributed by atoms with Crippen LogP contribution in [-0.4, -0.2) is 269 Å². The van der Waals surface area contributed by atoms with E-state index in [1.165, 1.54) is 6.92 Å². The number of Topliss-reactive ketones (excluding diaryl/α,β-unsaturated/α-hetero) is 2. The monoisotopic (exact) mass is 1910 g/mol. The standard InChI is InChI=1S/C54H92N10O8.C47H79N9O7.CH4/c1-8-12-15-21-42(48(67)39(5)6)59-52(71)44(23-16-13-9-2)60-51(70)43(55-7)22-17-20-32-56-47(66)29-28-45(50(69)58-34-33-57-46(65)10-3)61-53(72)54(30-18-14-19-31-54)62-49(68)40-24-26-41(27-25-40)64-37-35-63(11-4)36-38-64;1-7-10-12-17-38(35(6)57)52-45(62)39(51-34(4)5)18-13-16-27-48-42(59)24-23-40(44(61)50-29-28-49-41(58)8-2)53-46(63)47(25-14-11-15-26-47)54-43(60)36-19-21-37(22-20-36)56-32-30-55(9-3)31-33-56;/h24-27,39,42-45,55H,8-23,28-38H2,1-7H3,(H,56,66)(H,57,65)(H,58,69)(H,59,71)(H,60,70)(H,61,72)(H,62,68);19-22,34,38-40,51H,7-18,23-33H2,1-6H3,(H,48,59)(H,49,58)(H,50,61)(H,52,62)(H,53,63)(H,54,60);1H4/t42?,43?,44?,45-;38?,39?,40-;/m00./s1. The predicted octanol–water partition coefficient (Wildman–Crippen LogP) is 8.51. The molecule has 34 heteroatoms. The number of ketones is 2. The maximum Gasteiger partial charge on any atom is 0.252 e. The number of piperazine rings is 2. The van der Waals surface area contributed by atoms with Gasteiger partial charge in [-0.05, 0) is 172 Å². The molecule has 7 atom stereocenters. The molecule has 2 aliphatic heterocycles. The Balaban J connectivity index is 0.000000569. The SMILES string of the molecule is C.CCCCCC(NC(=O)C(CCCCNC(=O)CC[C@H](NC(=O)C1(NC(=O)c2ccc(N3CCN(CC)CC3)cc2)CCCCC1)C(=O)NCCNC(=O)CC)NC(C)C)C(C)=O.CCCCCC(NC(=O)C(CCCCNC(=O)CC[C@H](NC(=O)C1(NC(=O)c2ccc(N3CCN(CC)CC3)cc2)CCCCC1)C(=O)NCCNC(=O)CC)NC)C(=O)NC(CCCCC)C(=O)C(C)C. The van der Waals surface area contributed by atoms with Gasteiger partial charge in [-0.15, -0.1) is 0 Å². The van der Waals surface area contributed by atoms with Crippen LogP contribution in [0.2, 0.25) is 0 Å². The van der Waals surface area contributed by atoms with Crippen molar-refractivity contribution in [2.45, 2.75) is 368 Å². The van der Waals surface area contributed by atoms with Gasteiger partial charge in [0.2, 0.25) is 65.0 Å². The zero-order valence-corrected chi connectivity index (χ0v) is 84.1. The average Bonchev–Trinajstić information content (AvgIpc) is 0.799. The summed E-state index contributed by atoms with van der Waals surface area (Å²) >= 11 is 0. The first-order valence-corrected chi connectivity index (χ1v) is 51.2. The summed E-state index contributed by atoms with van der Waals surface area (Å²) in [6.07, 6.45) is 20.0. The highest BCUT2D eigenvalue weighted by atomic mass is 16.2. The molecule has 13 amide bonds. The number of nitrogens with zero attached hydrogens (tertiary/aromatic N) is 4. The van der Waals surface area contributed by atoms with Gasteiger partial charge in [-0.2, -0.15) is 0 Å². The largest absolute Gasteiger partial charge is 0.369 e. The topological polar surface area (TPSA) is 449 Å². The molecule has 2 aromatic carbocycles. The lowest BCUT2D eigenvalue weighted by atomic mass is 9.80. The molecule has 2 heterocycles. The van der Waals surface area contributed by atoms with Crippen LogP contribution in [0.5, 0.6) is 0 Å². The number of hydrogen-bond donors (Lipinski definition) is 15. The smallest absolute Gasteiger partial charge is 0.252 e. The normalized spacial score (nSPS) is 16.3. The lowest BCUT2D eigenvalue weighted by Crippen LogP contribution is -2.62. The van der Waals surface area contributed by atoms with E-state index in [0.29, 0.717) is 133 Å². The second kappa shape index (κ2) is 66.0. The Morgan fingerprint density at radius 3 is 1.04 bits per heavy atom. The van der Waals surface area contributed by atoms with Crippen molar-refractivity contribution < 1.29 is 71.9 Å². The maximum atomic E-state index is 14.3. The van der Waals surface area contributed by atoms with E-state index in [1.807, 2.05) is 52.0 Å². The fraction of sp³-hybridized carbons (Fsp3) is 0.735. The number of carbonyl (C=O) groups is 15. The highest BCUT2D eigenvalue weighted by Crippen LogP contribution is 2.32. The molecule has 768 valence electrons. The van der Waals surface area contributed by atoms with Crippen LogP contribution in [0.4, 0.5) is 11.4 Å². The molecular weight excluding hydrogens is 1730 g/mol. The van der Waals surface area contributed by atoms with Crippen molar-refractivity contribution >= 4 is 99.7 Å². The quantitative estimate of drug-likeness (QED) is 0.0276. The van der Waals surface area contributed by atoms with Crippen molar-refractivity contribution in [1.82, 2.24) is 89.6 Å². The fourth-order valence-electron chi connectivity index (χ4n) is 17.6. The highest BCUT2D eigenvalue weighted by molar-refractivity contribution is 6.02. The van der Waals surface area contributed by atoms with Crippen molar-refractivity contribution in [3.05, 3.63) is 59.7 Å². The minimum Gasteiger partial charge on any atom is -0.369 e. The molecule has 4 aliphatic rings. The van der Waals surface area contributed by atoms with E-state index in [4.69, 9.17) is 0 Å². The number of benzene rings is 2. The van der Waals surface area contributed by atoms with Gasteiger partial charge in [0.05, 0.1) is 24.2 Å². The van der Waals surface area contributed by atoms with Gasteiger partial charge in [0.1, 0.15) is 29.2 Å². The van der Waals surface area contributed by atoms with Crippen LogP contribution in [0.1, 0.15) is 330 Å². The molecule has 5 unspecified atom stereocenters. The molecule has 0 radical (unpaired) electrons. The molecule has 0 aromatic heterocycles. The molecule has 4 fully saturated rings. The number of hydrogen-bond acceptors (Lipinski definition) is 21. The molecule has 0 spiro atoms. The second-order valence-corrected chi connectivity index (χ2v) is 37.5. The molecule has 2 saturated carbocycles. The van der Waals surface area contributed by atoms with E-state index < -0.39 is 77.0 Å². The minimum atomic E-state index is -1.25. The fourth-order valence-corrected chi connectivity index (χ4v) is 17.6. The van der Waals surface area contributed by atoms with E-state index in [-0.39, 0.29) is 136 Å². The van der Waals surface area contributed by atoms with Crippen LogP contribution in [0, 0.1) is 5.92 Å². The number of nitrogens with one attached hydrogen (secondary N) is 15. The summed E-state index contributed by atoms with van der Waals surface area (Å²) in [5, 5.41) is 44.0. The van der Waals surface area contributed by atoms with Gasteiger partial charge in [-0.25, -0.2) is 0 Å². The van der Waals surface area contributed by atoms with Crippen molar-refractivity contribution in [2.24, 2.45) is 5.92 Å². The number of amides is 13. The van der Waals surface area contributed by atoms with E-state index in [0.717, 1.165) is 160 Å². The van der Waals surface area contributed by atoms with E-state index in [2.05, 4.69) is 134 Å². The lowest BCUT2D eigenvalue weighted by Gasteiger charge is -2.38. The number of unbranched alkanes of at least 4 members (excludes halogenated alkanes) is 8. The zero-order valence-electron chi connectivity index (χ0n) is 84.1. The third-order valence-electron chi connectivity index (χ3n) is 26.3. The van der Waals surface area contributed by atoms with Crippen molar-refractivity contribution in [2.75, 3.05) is 122 Å². The Hall–Kier alpha value is -9.67. The maximum absolute atomic E-state index is 14.3. The average molecular weight is 1910 g/mol. The van der Waals surface area contributed by atoms with Crippen LogP contribution in [-0.2, 0) is 62.3 Å². The molecule has 6 rings (SSSR count). The van der Waals surface area contributed by atoms with Gasteiger partial charge >= 0.3 is 0 Å². The van der Waals surface area contributed by atoms with Gasteiger partial charge in [0.15, 0.2) is 11.6 Å². The summed E-state index contributed by atoms with van der Waals surface area (Å²) in [5.74, 6) is -4.78. The molecular formula is C102H175N19O15. The molecule has 136 heavy (non-hydrogen) atoms. The van der Waals surface area contributed by atoms with Crippen LogP contribution in [0.15, 0.2) is 48.5 Å². The summed E-state index contributed by atoms with van der Waals surface area (Å²) in [5.41, 5.74) is 0.471. The highest BCUT2D eigenvalue weighted by Gasteiger charge is 2.45. The Morgan fingerprint density at radius 2 is 0.676 bits per heavy atom. The number of rotatable bonds is 62. The van der Waals surface area contributed by atoms with Crippen molar-refractivity contribution in [3.63, 3.8) is 0 Å². The van der Waals surface area contributed by atoms with Crippen molar-refractivity contribution in [3.8, 4) is 0 Å². The van der Waals surface area contributed by atoms with Crippen LogP contribution in [0.3, 0.4) is 0 Å². The molecule has 2 aromatic rings. The predicted molar refractivity (Wildman–Crippen MR) is 537 cm³/mol. The third kappa shape index (κ3) is 43.2. The first-order valence-electron chi connectivity index (χ1n) is 51.2. The van der Waals surface area contributed by atoms with Gasteiger partial charge in [0.25, 0.3) is 11.8 Å². The molecule has 34 nitrogen and oxygen atoms in total. The molecule has 2 saturated heterocycles. The first kappa shape index (κ1) is 119. The van der Waals surface area contributed by atoms with Crippen molar-refractivity contribution in [1.29, 1.82) is 0 Å². The molecule has 2 aliphatic carbocycles. The van der Waals surface area contributed by atoms with Gasteiger partial charge in [-0.1, -0.05) is 180 Å². The summed E-state index contributed by atoms with van der Waals surface area (Å²) in [6, 6.07) is 9.83. The van der Waals surface area contributed by atoms with Gasteiger partial charge < -0.3 is 99.4 Å². The Labute approximate surface area is 812 Å². The Morgan fingerprint density at radius 1 is 0.346 bits per heavy atom. The summed E-state index contributed by atoms with van der Waals surface area (Å²) in [7, 11) is 1.69. The minimum absolute atomic E-state index is 0. The molecule has 0 bridgehead atoms. The first-order chi connectivity index (χ1) is 64.8. The van der Waals surface area contributed by atoms with E-state index >= 15 is 0 Å². The second-order valence-electron chi connectivity index (χ2n) is 37.5. The Bertz CT molecular complexity index is 3950. The molecule has 15 N–H and O–H groups in total. The number of likely N-dealkylation sites (N-methyl/N-ethyl adjacent to an activating group) is 3. The summed E-state index contributed by atoms with van der Waals surface area (Å²) < 4.78 is 0. The lowest BCUT2D eigenvalue weighted by molar-refractivity contribution is -0.134. The Kier molecular flexibility index (Phi) is 57.6. The summed E-state index contributed by atoms with van der Waals surface area (Å²) in [6.45, 7) is 34.1. The number of carbonyl (C=O) groups excluding carboxylic acids is 15. The van der Waals surface area contributed by atoms with Crippen LogP contribution in [0.25, 0.3) is 0 Å². The van der Waals surface area contributed by atoms with E-state index in [9.17, 15) is 71.9 Å². The van der Waals surface area contributed by atoms with Gasteiger partial charge in [-0.3, -0.25) is 71.9 Å². The number of anilines is 2. The summed E-state index contributed by atoms with van der Waals surface area (Å²) in [4.78, 5) is 208. The van der Waals surface area contributed by atoms with E-state index in [1.54, 1.807) is 45.2 Å². The van der Waals surface area contributed by atoms with Gasteiger partial charge in [0, 0.05) is 152 Å². The van der Waals surface area contributed by atoms with Crippen LogP contribution < -0.4 is 89.6 Å². The third-order valence-corrected chi connectivity index (χ3v) is 26.3.